The van der Waals surface area contributed by atoms with E-state index in [-0.39, 0.29) is 11.7 Å². The molecule has 0 aliphatic heterocycles. The average Bonchev–Trinajstić information content (AvgIpc) is 3.37. The Balaban J connectivity index is 1.26. The number of carbonyl (C=O) groups is 1. The maximum Gasteiger partial charge on any atom is 0.277 e. The molecule has 176 valence electrons. The van der Waals surface area contributed by atoms with Crippen molar-refractivity contribution in [2.45, 2.75) is 12.1 Å². The number of ether oxygens (including phenoxy) is 1. The number of hydrogen-bond donors (Lipinski definition) is 1. The van der Waals surface area contributed by atoms with E-state index in [0.717, 1.165) is 22.6 Å². The number of anilines is 1. The molecule has 0 bridgehead atoms. The van der Waals surface area contributed by atoms with Gasteiger partial charge in [0.15, 0.2) is 0 Å². The zero-order valence-corrected chi connectivity index (χ0v) is 19.9. The van der Waals surface area contributed by atoms with Gasteiger partial charge in [-0.1, -0.05) is 48.2 Å². The second kappa shape index (κ2) is 12.3. The van der Waals surface area contributed by atoms with E-state index in [4.69, 9.17) is 9.15 Å². The molecule has 0 saturated carbocycles. The van der Waals surface area contributed by atoms with Gasteiger partial charge in [0.25, 0.3) is 5.22 Å². The monoisotopic (exact) mass is 484 g/mol. The van der Waals surface area contributed by atoms with Crippen LogP contribution in [0.4, 0.5) is 11.4 Å². The lowest BCUT2D eigenvalue weighted by Gasteiger charge is -2.06. The van der Waals surface area contributed by atoms with E-state index >= 15 is 0 Å². The molecule has 8 heteroatoms. The summed E-state index contributed by atoms with van der Waals surface area (Å²) < 4.78 is 11.1. The predicted molar refractivity (Wildman–Crippen MR) is 140 cm³/mol. The van der Waals surface area contributed by atoms with Gasteiger partial charge in [0, 0.05) is 17.5 Å². The van der Waals surface area contributed by atoms with E-state index in [1.165, 1.54) is 11.8 Å². The molecule has 0 radical (unpaired) electrons. The van der Waals surface area contributed by atoms with Crippen molar-refractivity contribution >= 4 is 41.3 Å². The number of nitrogens with one attached hydrogen (secondary N) is 1. The molecule has 0 fully saturated rings. The van der Waals surface area contributed by atoms with Crippen LogP contribution in [0.1, 0.15) is 12.5 Å². The van der Waals surface area contributed by atoms with Crippen molar-refractivity contribution in [3.05, 3.63) is 90.5 Å². The van der Waals surface area contributed by atoms with Crippen molar-refractivity contribution in [1.82, 2.24) is 10.2 Å². The number of benzene rings is 3. The van der Waals surface area contributed by atoms with Gasteiger partial charge < -0.3 is 14.5 Å². The van der Waals surface area contributed by atoms with Gasteiger partial charge >= 0.3 is 0 Å². The number of aromatic nitrogens is 2. The van der Waals surface area contributed by atoms with Gasteiger partial charge in [-0.25, -0.2) is 0 Å². The summed E-state index contributed by atoms with van der Waals surface area (Å²) in [4.78, 5) is 16.7. The zero-order valence-electron chi connectivity index (χ0n) is 19.1. The summed E-state index contributed by atoms with van der Waals surface area (Å²) in [6.45, 7) is 2.52. The first-order valence-electron chi connectivity index (χ1n) is 11.0. The van der Waals surface area contributed by atoms with Crippen LogP contribution in [-0.2, 0) is 4.79 Å². The highest BCUT2D eigenvalue weighted by molar-refractivity contribution is 7.99. The number of amides is 1. The Hall–Kier alpha value is -4.17. The first-order chi connectivity index (χ1) is 17.2. The highest BCUT2D eigenvalue weighted by Gasteiger charge is 2.11. The molecule has 0 unspecified atom stereocenters. The minimum atomic E-state index is -0.164. The largest absolute Gasteiger partial charge is 0.494 e. The van der Waals surface area contributed by atoms with Gasteiger partial charge in [-0.15, -0.1) is 10.2 Å². The third kappa shape index (κ3) is 7.41. The lowest BCUT2D eigenvalue weighted by atomic mass is 10.2. The maximum atomic E-state index is 12.2. The number of allylic oxidation sites excluding steroid dienone is 1. The predicted octanol–water partition coefficient (Wildman–Crippen LogP) is 6.28. The fourth-order valence-electron chi connectivity index (χ4n) is 3.05. The third-order valence-corrected chi connectivity index (χ3v) is 5.51. The summed E-state index contributed by atoms with van der Waals surface area (Å²) in [7, 11) is 0. The van der Waals surface area contributed by atoms with Crippen LogP contribution in [0.5, 0.6) is 5.75 Å². The van der Waals surface area contributed by atoms with Gasteiger partial charge in [-0.2, -0.15) is 0 Å². The Morgan fingerprint density at radius 1 is 1.03 bits per heavy atom. The molecule has 1 heterocycles. The van der Waals surface area contributed by atoms with Crippen LogP contribution < -0.4 is 10.1 Å². The van der Waals surface area contributed by atoms with Gasteiger partial charge in [-0.3, -0.25) is 9.79 Å². The minimum absolute atomic E-state index is 0.152. The van der Waals surface area contributed by atoms with E-state index < -0.39 is 0 Å². The maximum absolute atomic E-state index is 12.2. The van der Waals surface area contributed by atoms with Crippen LogP contribution in [0.3, 0.4) is 0 Å². The molecular formula is C27H24N4O3S. The number of rotatable bonds is 10. The van der Waals surface area contributed by atoms with Crippen molar-refractivity contribution in [3.63, 3.8) is 0 Å². The number of aliphatic imine (C=N–C) groups is 1. The SMILES string of the molecule is CCOc1ccc(NC(=O)CSc2nnc(-c3ccc(N=C/C=C/c4ccccc4)cc3)o2)cc1. The fraction of sp³-hybridized carbons (Fsp3) is 0.111. The highest BCUT2D eigenvalue weighted by Crippen LogP contribution is 2.25. The van der Waals surface area contributed by atoms with Gasteiger partial charge in [0.2, 0.25) is 11.8 Å². The highest BCUT2D eigenvalue weighted by atomic mass is 32.2. The molecule has 0 spiro atoms. The van der Waals surface area contributed by atoms with Crippen molar-refractivity contribution < 1.29 is 13.9 Å². The molecule has 1 N–H and O–H groups in total. The van der Waals surface area contributed by atoms with E-state index in [1.54, 1.807) is 18.3 Å². The van der Waals surface area contributed by atoms with Crippen LogP contribution in [0.15, 0.2) is 99.6 Å². The molecular weight excluding hydrogens is 460 g/mol. The quantitative estimate of drug-likeness (QED) is 0.210. The molecule has 7 nitrogen and oxygen atoms in total. The van der Waals surface area contributed by atoms with Crippen molar-refractivity contribution in [2.75, 3.05) is 17.7 Å². The normalized spacial score (nSPS) is 11.2. The second-order valence-electron chi connectivity index (χ2n) is 7.26. The van der Waals surface area contributed by atoms with Gasteiger partial charge in [0.1, 0.15) is 5.75 Å². The fourth-order valence-corrected chi connectivity index (χ4v) is 3.61. The van der Waals surface area contributed by atoms with E-state index in [1.807, 2.05) is 85.8 Å². The first-order valence-corrected chi connectivity index (χ1v) is 12.0. The molecule has 1 amide bonds. The molecule has 0 saturated heterocycles. The summed E-state index contributed by atoms with van der Waals surface area (Å²) in [6.07, 6.45) is 5.65. The third-order valence-electron chi connectivity index (χ3n) is 4.69. The van der Waals surface area contributed by atoms with E-state index in [0.29, 0.717) is 23.4 Å². The number of thioether (sulfide) groups is 1. The minimum Gasteiger partial charge on any atom is -0.494 e. The lowest BCUT2D eigenvalue weighted by Crippen LogP contribution is -2.13. The van der Waals surface area contributed by atoms with Crippen LogP contribution >= 0.6 is 11.8 Å². The summed E-state index contributed by atoms with van der Waals surface area (Å²) in [5, 5.41) is 11.3. The molecule has 0 aliphatic rings. The Morgan fingerprint density at radius 3 is 2.54 bits per heavy atom. The Labute approximate surface area is 208 Å². The van der Waals surface area contributed by atoms with Crippen LogP contribution in [-0.4, -0.2) is 34.7 Å². The number of nitrogens with zero attached hydrogens (tertiary/aromatic N) is 3. The van der Waals surface area contributed by atoms with Crippen LogP contribution in [0, 0.1) is 0 Å². The molecule has 35 heavy (non-hydrogen) atoms. The molecule has 1 aromatic heterocycles. The molecule has 0 atom stereocenters. The van der Waals surface area contributed by atoms with Crippen molar-refractivity contribution in [1.29, 1.82) is 0 Å². The zero-order chi connectivity index (χ0) is 24.3. The van der Waals surface area contributed by atoms with E-state index in [2.05, 4.69) is 20.5 Å². The topological polar surface area (TPSA) is 89.6 Å². The second-order valence-corrected chi connectivity index (χ2v) is 8.19. The van der Waals surface area contributed by atoms with Crippen molar-refractivity contribution in [3.8, 4) is 17.2 Å². The Bertz CT molecular complexity index is 1280. The van der Waals surface area contributed by atoms with E-state index in [9.17, 15) is 4.79 Å². The molecule has 3 aromatic carbocycles. The lowest BCUT2D eigenvalue weighted by molar-refractivity contribution is -0.113. The van der Waals surface area contributed by atoms with Gasteiger partial charge in [-0.05, 0) is 67.1 Å². The number of carbonyl (C=O) groups excluding carboxylic acids is 1. The first kappa shape index (κ1) is 24.0. The summed E-state index contributed by atoms with van der Waals surface area (Å²) in [5.41, 5.74) is 3.41. The summed E-state index contributed by atoms with van der Waals surface area (Å²) >= 11 is 1.18. The molecule has 0 aliphatic carbocycles. The van der Waals surface area contributed by atoms with Crippen LogP contribution in [0.2, 0.25) is 0 Å². The molecule has 4 aromatic rings. The summed E-state index contributed by atoms with van der Waals surface area (Å²) in [6, 6.07) is 24.8. The average molecular weight is 485 g/mol. The Kier molecular flexibility index (Phi) is 8.45. The molecule has 4 rings (SSSR count). The standard InChI is InChI=1S/C27H24N4O3S/c1-2-33-24-16-14-23(15-17-24)29-25(32)19-35-27-31-30-26(34-27)21-10-12-22(13-11-21)28-18-6-9-20-7-4-3-5-8-20/h3-18H,2,19H2,1H3,(H,29,32)/b9-6+,28-18?. The van der Waals surface area contributed by atoms with Crippen LogP contribution in [0.25, 0.3) is 17.5 Å². The number of hydrogen-bond acceptors (Lipinski definition) is 7. The van der Waals surface area contributed by atoms with Crippen molar-refractivity contribution in [2.24, 2.45) is 4.99 Å². The summed E-state index contributed by atoms with van der Waals surface area (Å²) in [5.74, 6) is 1.14. The van der Waals surface area contributed by atoms with Gasteiger partial charge in [0.05, 0.1) is 18.0 Å². The Morgan fingerprint density at radius 2 is 1.80 bits per heavy atom. The smallest absolute Gasteiger partial charge is 0.277 e.